The van der Waals surface area contributed by atoms with Gasteiger partial charge in [-0.25, -0.2) is 13.1 Å². The third kappa shape index (κ3) is 5.95. The maximum Gasteiger partial charge on any atom is 0.416 e. The number of nitrogens with one attached hydrogen (secondary N) is 2. The summed E-state index contributed by atoms with van der Waals surface area (Å²) in [5.74, 6) is -0.147. The Morgan fingerprint density at radius 3 is 2.47 bits per heavy atom. The molecular weight excluding hydrogens is 493 g/mol. The number of benzene rings is 3. The van der Waals surface area contributed by atoms with E-state index >= 15 is 0 Å². The lowest BCUT2D eigenvalue weighted by molar-refractivity contribution is -0.137. The van der Waals surface area contributed by atoms with Crippen LogP contribution in [0.4, 0.5) is 13.2 Å². The first kappa shape index (κ1) is 25.5. The van der Waals surface area contributed by atoms with Crippen molar-refractivity contribution < 1.29 is 30.8 Å². The van der Waals surface area contributed by atoms with Crippen molar-refractivity contribution in [1.82, 2.24) is 10.0 Å². The molecule has 0 saturated heterocycles. The van der Waals surface area contributed by atoms with Gasteiger partial charge in [0.15, 0.2) is 0 Å². The average molecular weight is 517 g/mol. The van der Waals surface area contributed by atoms with Crippen LogP contribution >= 0.6 is 0 Å². The molecule has 0 atom stereocenters. The molecule has 6 nitrogen and oxygen atoms in total. The number of amides is 1. The van der Waals surface area contributed by atoms with E-state index in [2.05, 4.69) is 10.0 Å². The zero-order valence-corrected chi connectivity index (χ0v) is 20.0. The average Bonchev–Trinajstić information content (AvgIpc) is 3.26. The summed E-state index contributed by atoms with van der Waals surface area (Å²) in [4.78, 5) is 12.5. The molecular formula is C26H23F3N2O4S. The molecule has 36 heavy (non-hydrogen) atoms. The number of carbonyl (C=O) groups excluding carboxylic acids is 1. The van der Waals surface area contributed by atoms with Gasteiger partial charge in [-0.15, -0.1) is 0 Å². The fraction of sp³-hybridized carbons (Fsp3) is 0.192. The Morgan fingerprint density at radius 1 is 0.972 bits per heavy atom. The van der Waals surface area contributed by atoms with Crippen molar-refractivity contribution in [1.29, 1.82) is 0 Å². The quantitative estimate of drug-likeness (QED) is 0.346. The number of hydrogen-bond donors (Lipinski definition) is 2. The van der Waals surface area contributed by atoms with Gasteiger partial charge in [-0.1, -0.05) is 48.5 Å². The van der Waals surface area contributed by atoms with Gasteiger partial charge in [-0.3, -0.25) is 4.79 Å². The van der Waals surface area contributed by atoms with Gasteiger partial charge in [-0.05, 0) is 42.4 Å². The monoisotopic (exact) mass is 516 g/mol. The first-order valence-corrected chi connectivity index (χ1v) is 12.7. The second kappa shape index (κ2) is 10.2. The van der Waals surface area contributed by atoms with Crippen molar-refractivity contribution in [2.24, 2.45) is 0 Å². The third-order valence-electron chi connectivity index (χ3n) is 5.63. The number of alkyl halides is 3. The van der Waals surface area contributed by atoms with Gasteiger partial charge in [-0.2, -0.15) is 13.2 Å². The van der Waals surface area contributed by atoms with Crippen molar-refractivity contribution >= 4 is 26.9 Å². The molecule has 0 aliphatic heterocycles. The molecule has 0 radical (unpaired) electrons. The number of halogens is 3. The molecule has 0 saturated carbocycles. The van der Waals surface area contributed by atoms with Gasteiger partial charge in [0, 0.05) is 29.5 Å². The minimum absolute atomic E-state index is 0.0428. The molecule has 0 aliphatic carbocycles. The first-order chi connectivity index (χ1) is 17.1. The first-order valence-electron chi connectivity index (χ1n) is 11.0. The number of carbonyl (C=O) groups is 1. The highest BCUT2D eigenvalue weighted by molar-refractivity contribution is 7.89. The zero-order chi connectivity index (χ0) is 25.9. The van der Waals surface area contributed by atoms with E-state index in [1.807, 2.05) is 24.3 Å². The van der Waals surface area contributed by atoms with Gasteiger partial charge in [0.25, 0.3) is 5.91 Å². The van der Waals surface area contributed by atoms with Crippen molar-refractivity contribution in [3.05, 3.63) is 95.2 Å². The van der Waals surface area contributed by atoms with E-state index in [4.69, 9.17) is 4.42 Å². The Bertz CT molecular complexity index is 1510. The molecule has 1 amide bonds. The van der Waals surface area contributed by atoms with Crippen LogP contribution in [-0.2, 0) is 22.6 Å². The fourth-order valence-corrected chi connectivity index (χ4v) is 4.40. The van der Waals surface area contributed by atoms with E-state index in [0.717, 1.165) is 23.1 Å². The zero-order valence-electron chi connectivity index (χ0n) is 19.2. The van der Waals surface area contributed by atoms with Gasteiger partial charge in [0.05, 0.1) is 11.3 Å². The van der Waals surface area contributed by atoms with Crippen LogP contribution < -0.4 is 10.0 Å². The lowest BCUT2D eigenvalue weighted by Crippen LogP contribution is -2.32. The molecule has 0 bridgehead atoms. The molecule has 0 unspecified atom stereocenters. The Morgan fingerprint density at radius 2 is 1.72 bits per heavy atom. The molecule has 3 aromatic carbocycles. The van der Waals surface area contributed by atoms with Crippen molar-refractivity contribution in [2.45, 2.75) is 12.6 Å². The fourth-order valence-electron chi connectivity index (χ4n) is 3.82. The molecule has 2 N–H and O–H groups in total. The summed E-state index contributed by atoms with van der Waals surface area (Å²) in [7, 11) is -2.13. The normalized spacial score (nSPS) is 12.1. The smallest absolute Gasteiger partial charge is 0.416 e. The maximum absolute atomic E-state index is 13.1. The van der Waals surface area contributed by atoms with E-state index in [0.29, 0.717) is 28.0 Å². The van der Waals surface area contributed by atoms with Gasteiger partial charge < -0.3 is 9.73 Å². The number of sulfonamides is 1. The molecule has 188 valence electrons. The highest BCUT2D eigenvalue weighted by atomic mass is 32.2. The molecule has 0 fully saturated rings. The van der Waals surface area contributed by atoms with E-state index in [9.17, 15) is 26.4 Å². The van der Waals surface area contributed by atoms with Crippen LogP contribution in [0.3, 0.4) is 0 Å². The summed E-state index contributed by atoms with van der Waals surface area (Å²) < 4.78 is 70.5. The number of furan rings is 1. The topological polar surface area (TPSA) is 88.4 Å². The number of fused-ring (bicyclic) bond motifs is 1. The van der Waals surface area contributed by atoms with Crippen molar-refractivity contribution in [3.63, 3.8) is 0 Å². The van der Waals surface area contributed by atoms with Crippen molar-refractivity contribution in [3.8, 4) is 11.1 Å². The van der Waals surface area contributed by atoms with E-state index in [1.165, 1.54) is 13.1 Å². The summed E-state index contributed by atoms with van der Waals surface area (Å²) in [6.07, 6.45) is -4.23. The predicted octanol–water partition coefficient (Wildman–Crippen LogP) is 4.99. The van der Waals surface area contributed by atoms with Crippen LogP contribution in [-0.4, -0.2) is 33.7 Å². The van der Waals surface area contributed by atoms with E-state index in [1.54, 1.807) is 30.3 Å². The number of para-hydroxylation sites is 1. The Balaban J connectivity index is 1.57. The lowest BCUT2D eigenvalue weighted by atomic mass is 10.0. The van der Waals surface area contributed by atoms with Crippen LogP contribution in [0, 0.1) is 0 Å². The van der Waals surface area contributed by atoms with E-state index in [-0.39, 0.29) is 18.7 Å². The van der Waals surface area contributed by atoms with Gasteiger partial charge >= 0.3 is 6.18 Å². The molecule has 1 aromatic heterocycles. The van der Waals surface area contributed by atoms with E-state index < -0.39 is 27.7 Å². The minimum atomic E-state index is -4.42. The Kier molecular flexibility index (Phi) is 7.18. The molecule has 0 aliphatic rings. The second-order valence-corrected chi connectivity index (χ2v) is 10.2. The standard InChI is InChI=1S/C26H23F3N2O4S/c1-30-36(33,34)12-11-31-25(32)20-8-3-6-18(15-20)23-10-4-7-19-16-22(35-24(19)23)14-17-5-2-9-21(13-17)26(27,28)29/h2-10,13,15-16,30H,11-12,14H2,1H3,(H,31,32). The number of rotatable bonds is 8. The van der Waals surface area contributed by atoms with Crippen LogP contribution in [0.2, 0.25) is 0 Å². The third-order valence-corrected chi connectivity index (χ3v) is 6.99. The SMILES string of the molecule is CNS(=O)(=O)CCNC(=O)c1cccc(-c2cccc3cc(Cc4cccc(C(F)(F)F)c4)oc23)c1. The molecule has 4 rings (SSSR count). The molecule has 4 aromatic rings. The highest BCUT2D eigenvalue weighted by Crippen LogP contribution is 2.33. The van der Waals surface area contributed by atoms with Gasteiger partial charge in [0.2, 0.25) is 10.0 Å². The lowest BCUT2D eigenvalue weighted by Gasteiger charge is -2.08. The summed E-state index contributed by atoms with van der Waals surface area (Å²) in [5.41, 5.74) is 2.09. The summed E-state index contributed by atoms with van der Waals surface area (Å²) in [6.45, 7) is -0.0428. The number of hydrogen-bond acceptors (Lipinski definition) is 4. The summed E-state index contributed by atoms with van der Waals surface area (Å²) in [6, 6.07) is 19.2. The minimum Gasteiger partial charge on any atom is -0.460 e. The largest absolute Gasteiger partial charge is 0.460 e. The Labute approximate surface area is 206 Å². The second-order valence-electron chi connectivity index (χ2n) is 8.17. The molecule has 10 heteroatoms. The molecule has 0 spiro atoms. The highest BCUT2D eigenvalue weighted by Gasteiger charge is 2.30. The van der Waals surface area contributed by atoms with Crippen LogP contribution in [0.25, 0.3) is 22.1 Å². The van der Waals surface area contributed by atoms with Crippen molar-refractivity contribution in [2.75, 3.05) is 19.3 Å². The van der Waals surface area contributed by atoms with Crippen LogP contribution in [0.5, 0.6) is 0 Å². The van der Waals surface area contributed by atoms with Crippen LogP contribution in [0.15, 0.2) is 77.2 Å². The molecule has 1 heterocycles. The maximum atomic E-state index is 13.1. The summed E-state index contributed by atoms with van der Waals surface area (Å²) in [5, 5.41) is 3.37. The Hall–Kier alpha value is -3.63. The van der Waals surface area contributed by atoms with Gasteiger partial charge in [0.1, 0.15) is 11.3 Å². The summed E-state index contributed by atoms with van der Waals surface area (Å²) >= 11 is 0. The predicted molar refractivity (Wildman–Crippen MR) is 131 cm³/mol. The van der Waals surface area contributed by atoms with Crippen LogP contribution in [0.1, 0.15) is 27.2 Å².